The summed E-state index contributed by atoms with van der Waals surface area (Å²) in [6.45, 7) is 9.71. The van der Waals surface area contributed by atoms with Crippen LogP contribution in [0.25, 0.3) is 0 Å². The molecule has 0 aliphatic heterocycles. The summed E-state index contributed by atoms with van der Waals surface area (Å²) in [5.41, 5.74) is 5.76. The summed E-state index contributed by atoms with van der Waals surface area (Å²) < 4.78 is 0. The fourth-order valence-electron chi connectivity index (χ4n) is 3.16. The Hall–Kier alpha value is -2.33. The van der Waals surface area contributed by atoms with Gasteiger partial charge in [0.25, 0.3) is 0 Å². The van der Waals surface area contributed by atoms with Crippen LogP contribution in [0, 0.1) is 27.7 Å². The Bertz CT molecular complexity index is 823. The molecule has 0 radical (unpaired) electrons. The van der Waals surface area contributed by atoms with Gasteiger partial charge in [-0.2, -0.15) is 0 Å². The van der Waals surface area contributed by atoms with E-state index in [-0.39, 0.29) is 18.2 Å². The summed E-state index contributed by atoms with van der Waals surface area (Å²) in [4.78, 5) is 26.1. The van der Waals surface area contributed by atoms with E-state index in [1.165, 1.54) is 12.5 Å². The number of nitrogens with zero attached hydrogens (tertiary/aromatic N) is 1. The van der Waals surface area contributed by atoms with E-state index < -0.39 is 0 Å². The second kappa shape index (κ2) is 8.37. The van der Waals surface area contributed by atoms with Crippen molar-refractivity contribution < 1.29 is 9.59 Å². The lowest BCUT2D eigenvalue weighted by Crippen LogP contribution is -2.32. The Morgan fingerprint density at radius 2 is 1.62 bits per heavy atom. The van der Waals surface area contributed by atoms with E-state index in [1.54, 1.807) is 11.0 Å². The molecule has 0 saturated carbocycles. The zero-order chi connectivity index (χ0) is 19.4. The van der Waals surface area contributed by atoms with Gasteiger partial charge in [-0.1, -0.05) is 29.3 Å². The summed E-state index contributed by atoms with van der Waals surface area (Å²) in [5.74, 6) is -0.219. The second-order valence-electron chi connectivity index (χ2n) is 6.67. The van der Waals surface area contributed by atoms with Crippen LogP contribution in [0.1, 0.15) is 35.6 Å². The highest BCUT2D eigenvalue weighted by molar-refractivity contribution is 6.30. The van der Waals surface area contributed by atoms with E-state index >= 15 is 0 Å². The van der Waals surface area contributed by atoms with Crippen LogP contribution in [-0.4, -0.2) is 18.4 Å². The molecule has 0 bridgehead atoms. The first-order valence-electron chi connectivity index (χ1n) is 8.61. The minimum atomic E-state index is -0.113. The summed E-state index contributed by atoms with van der Waals surface area (Å²) in [5, 5.41) is 3.60. The van der Waals surface area contributed by atoms with Crippen LogP contribution in [0.4, 0.5) is 11.4 Å². The molecule has 0 spiro atoms. The topological polar surface area (TPSA) is 49.4 Å². The minimum Gasteiger partial charge on any atom is -0.326 e. The third kappa shape index (κ3) is 4.85. The molecule has 2 amide bonds. The molecule has 138 valence electrons. The van der Waals surface area contributed by atoms with Gasteiger partial charge in [0.2, 0.25) is 11.8 Å². The van der Waals surface area contributed by atoms with Gasteiger partial charge in [0, 0.05) is 36.3 Å². The molecule has 5 heteroatoms. The molecule has 4 nitrogen and oxygen atoms in total. The van der Waals surface area contributed by atoms with Crippen molar-refractivity contribution in [2.75, 3.05) is 16.8 Å². The van der Waals surface area contributed by atoms with Crippen molar-refractivity contribution in [3.63, 3.8) is 0 Å². The lowest BCUT2D eigenvalue weighted by molar-refractivity contribution is -0.117. The van der Waals surface area contributed by atoms with Gasteiger partial charge in [0.05, 0.1) is 0 Å². The van der Waals surface area contributed by atoms with E-state index in [2.05, 4.69) is 5.32 Å². The number of nitrogens with one attached hydrogen (secondary N) is 1. The number of amides is 2. The largest absolute Gasteiger partial charge is 0.326 e. The number of benzene rings is 2. The van der Waals surface area contributed by atoms with Gasteiger partial charge < -0.3 is 10.2 Å². The van der Waals surface area contributed by atoms with Crippen LogP contribution in [0.3, 0.4) is 0 Å². The number of halogens is 1. The van der Waals surface area contributed by atoms with E-state index in [9.17, 15) is 9.59 Å². The number of aryl methyl sites for hydroxylation is 4. The predicted octanol–water partition coefficient (Wildman–Crippen LogP) is 4.96. The van der Waals surface area contributed by atoms with E-state index in [1.807, 2.05) is 52.0 Å². The monoisotopic (exact) mass is 372 g/mol. The number of hydrogen-bond donors (Lipinski definition) is 1. The smallest absolute Gasteiger partial charge is 0.226 e. The third-order valence-electron chi connectivity index (χ3n) is 4.33. The highest BCUT2D eigenvalue weighted by Crippen LogP contribution is 2.25. The van der Waals surface area contributed by atoms with Crippen LogP contribution in [-0.2, 0) is 9.59 Å². The van der Waals surface area contributed by atoms with Gasteiger partial charge in [0.15, 0.2) is 0 Å². The summed E-state index contributed by atoms with van der Waals surface area (Å²) in [6, 6.07) is 9.46. The Kier molecular flexibility index (Phi) is 6.43. The Morgan fingerprint density at radius 3 is 2.15 bits per heavy atom. The molecule has 2 aromatic rings. The maximum Gasteiger partial charge on any atom is 0.226 e. The van der Waals surface area contributed by atoms with Crippen LogP contribution >= 0.6 is 11.6 Å². The van der Waals surface area contributed by atoms with Gasteiger partial charge in [-0.25, -0.2) is 0 Å². The average Bonchev–Trinajstić information content (AvgIpc) is 2.52. The number of rotatable bonds is 5. The zero-order valence-corrected chi connectivity index (χ0v) is 16.7. The van der Waals surface area contributed by atoms with Gasteiger partial charge in [-0.15, -0.1) is 0 Å². The molecular formula is C21H25ClN2O2. The van der Waals surface area contributed by atoms with E-state index in [4.69, 9.17) is 11.6 Å². The van der Waals surface area contributed by atoms with Crippen molar-refractivity contribution in [3.05, 3.63) is 57.6 Å². The molecular weight excluding hydrogens is 348 g/mol. The third-order valence-corrected chi connectivity index (χ3v) is 4.57. The highest BCUT2D eigenvalue weighted by Gasteiger charge is 2.16. The fourth-order valence-corrected chi connectivity index (χ4v) is 3.39. The first-order valence-corrected chi connectivity index (χ1v) is 8.98. The Labute approximate surface area is 160 Å². The highest BCUT2D eigenvalue weighted by atomic mass is 35.5. The van der Waals surface area contributed by atoms with Crippen molar-refractivity contribution in [3.8, 4) is 0 Å². The summed E-state index contributed by atoms with van der Waals surface area (Å²) in [6.07, 6.45) is 0.217. The van der Waals surface area contributed by atoms with E-state index in [0.717, 1.165) is 28.1 Å². The first kappa shape index (κ1) is 20.0. The molecule has 0 aliphatic rings. The van der Waals surface area contributed by atoms with Crippen LogP contribution in [0.5, 0.6) is 0 Å². The van der Waals surface area contributed by atoms with Crippen LogP contribution in [0.15, 0.2) is 30.3 Å². The van der Waals surface area contributed by atoms with Gasteiger partial charge in [0.1, 0.15) is 0 Å². The molecule has 26 heavy (non-hydrogen) atoms. The summed E-state index contributed by atoms with van der Waals surface area (Å²) >= 11 is 5.99. The molecule has 1 N–H and O–H groups in total. The standard InChI is InChI=1S/C21H25ClN2O2/c1-13-10-15(3)21(16(4)11-13)23-20(26)8-9-24(17(5)25)19-7-6-18(22)12-14(19)2/h6-7,10-12H,8-9H2,1-5H3,(H,23,26). The maximum atomic E-state index is 12.4. The van der Waals surface area contributed by atoms with Crippen molar-refractivity contribution in [2.45, 2.75) is 41.0 Å². The first-order chi connectivity index (χ1) is 12.2. The van der Waals surface area contributed by atoms with Crippen molar-refractivity contribution in [1.29, 1.82) is 0 Å². The number of carbonyl (C=O) groups is 2. The van der Waals surface area contributed by atoms with E-state index in [0.29, 0.717) is 11.6 Å². The average molecular weight is 373 g/mol. The molecule has 0 aromatic heterocycles. The number of hydrogen-bond acceptors (Lipinski definition) is 2. The molecule has 0 aliphatic carbocycles. The molecule has 2 rings (SSSR count). The quantitative estimate of drug-likeness (QED) is 0.806. The molecule has 0 fully saturated rings. The Morgan fingerprint density at radius 1 is 1.00 bits per heavy atom. The van der Waals surface area contributed by atoms with Crippen molar-refractivity contribution in [2.24, 2.45) is 0 Å². The van der Waals surface area contributed by atoms with Crippen LogP contribution in [0.2, 0.25) is 5.02 Å². The minimum absolute atomic E-state index is 0.106. The molecule has 0 atom stereocenters. The SMILES string of the molecule is CC(=O)N(CCC(=O)Nc1c(C)cc(C)cc1C)c1ccc(Cl)cc1C. The van der Waals surface area contributed by atoms with Gasteiger partial charge in [-0.05, 0) is 62.6 Å². The molecule has 2 aromatic carbocycles. The predicted molar refractivity (Wildman–Crippen MR) is 108 cm³/mol. The van der Waals surface area contributed by atoms with Crippen molar-refractivity contribution >= 4 is 34.8 Å². The maximum absolute atomic E-state index is 12.4. The zero-order valence-electron chi connectivity index (χ0n) is 15.9. The van der Waals surface area contributed by atoms with Crippen LogP contribution < -0.4 is 10.2 Å². The van der Waals surface area contributed by atoms with Gasteiger partial charge >= 0.3 is 0 Å². The Balaban J connectivity index is 2.10. The van der Waals surface area contributed by atoms with Gasteiger partial charge in [-0.3, -0.25) is 9.59 Å². The lowest BCUT2D eigenvalue weighted by Gasteiger charge is -2.23. The lowest BCUT2D eigenvalue weighted by atomic mass is 10.0. The molecule has 0 saturated heterocycles. The van der Waals surface area contributed by atoms with Crippen molar-refractivity contribution in [1.82, 2.24) is 0 Å². The normalized spacial score (nSPS) is 10.5. The fraction of sp³-hybridized carbons (Fsp3) is 0.333. The molecule has 0 heterocycles. The number of anilines is 2. The number of carbonyl (C=O) groups excluding carboxylic acids is 2. The molecule has 0 unspecified atom stereocenters. The summed E-state index contributed by atoms with van der Waals surface area (Å²) in [7, 11) is 0. The second-order valence-corrected chi connectivity index (χ2v) is 7.11.